The lowest BCUT2D eigenvalue weighted by Gasteiger charge is -2.53. The first kappa shape index (κ1) is 75.3. The molecule has 0 atom stereocenters. The molecule has 1 aromatic heterocycles. The van der Waals surface area contributed by atoms with Gasteiger partial charge in [-0.15, -0.1) is 0 Å². The number of nitrogens with one attached hydrogen (secondary N) is 3. The van der Waals surface area contributed by atoms with Crippen molar-refractivity contribution in [3.05, 3.63) is 31.5 Å². The van der Waals surface area contributed by atoms with Gasteiger partial charge in [-0.2, -0.15) is 15.2 Å². The molecule has 3 aliphatic heterocycles. The smallest absolute Gasteiger partial charge is 0.407 e. The summed E-state index contributed by atoms with van der Waals surface area (Å²) in [4.78, 5) is 99.0. The van der Waals surface area contributed by atoms with Crippen LogP contribution in [0.15, 0.2) is 14.4 Å². The molecular weight excluding hydrogens is 1120 g/mol. The lowest BCUT2D eigenvalue weighted by atomic mass is 9.80. The Balaban J connectivity index is 1.28. The van der Waals surface area contributed by atoms with Crippen molar-refractivity contribution in [3.63, 3.8) is 0 Å². The van der Waals surface area contributed by atoms with E-state index in [9.17, 15) is 44.1 Å². The fourth-order valence-corrected chi connectivity index (χ4v) is 13.1. The molecule has 0 radical (unpaired) electrons. The Kier molecular flexibility index (Phi) is 27.1. The molecule has 504 valence electrons. The Morgan fingerprint density at radius 2 is 0.575 bits per heavy atom. The number of hydroxylamine groups is 6. The number of aromatic nitrogens is 3. The van der Waals surface area contributed by atoms with Gasteiger partial charge < -0.3 is 45.5 Å². The van der Waals surface area contributed by atoms with Crippen LogP contribution in [0.4, 0.5) is 14.4 Å². The molecule has 6 N–H and O–H groups in total. The Hall–Kier alpha value is -4.14. The highest BCUT2D eigenvalue weighted by molar-refractivity contribution is 5.68. The van der Waals surface area contributed by atoms with Crippen molar-refractivity contribution in [1.29, 1.82) is 0 Å². The maximum absolute atomic E-state index is 14.0. The molecule has 4 heterocycles. The standard InChI is InChI=1S/C63H117N9O15/c1-55(2)37-46(38-56(3,4)70(55)82-43-61(13,14)79)85-49(73)64-31-25-19-22-28-34-67-52(76)68(35-29-23-20-26-32-65-50(74)86-47-39-57(5,6)71(58(7,8)40-47)83-44-62(15,16)80)54(78)69(53(67)77)36-30-24-21-27-33-66-51(75)87-48-41-59(9,10)72(60(11,12)42-48)84-45-63(17,18)81/h46-48,79-81H,19-45H2,1-18H3,(H,64,73)(H,65,74)(H,66,75). The van der Waals surface area contributed by atoms with Crippen LogP contribution in [0.5, 0.6) is 0 Å². The van der Waals surface area contributed by atoms with Crippen LogP contribution in [-0.2, 0) is 48.4 Å². The van der Waals surface area contributed by atoms with E-state index in [4.69, 9.17) is 28.7 Å². The van der Waals surface area contributed by atoms with Crippen molar-refractivity contribution in [1.82, 2.24) is 44.8 Å². The lowest BCUT2D eigenvalue weighted by Crippen LogP contribution is -2.62. The van der Waals surface area contributed by atoms with Crippen molar-refractivity contribution in [3.8, 4) is 0 Å². The van der Waals surface area contributed by atoms with Crippen LogP contribution in [0.1, 0.15) is 240 Å². The van der Waals surface area contributed by atoms with Crippen molar-refractivity contribution < 1.29 is 58.4 Å². The topological polar surface area (TPSA) is 279 Å². The van der Waals surface area contributed by atoms with Gasteiger partial charge in [0.25, 0.3) is 0 Å². The number of unbranched alkanes of at least 4 members (excludes halogenated alkanes) is 9. The average molecular weight is 1240 g/mol. The van der Waals surface area contributed by atoms with E-state index in [0.717, 1.165) is 13.7 Å². The minimum Gasteiger partial charge on any atom is -0.446 e. The Bertz CT molecular complexity index is 2180. The van der Waals surface area contributed by atoms with Crippen LogP contribution < -0.4 is 33.0 Å². The number of aliphatic hydroxyl groups is 3. The van der Waals surface area contributed by atoms with Crippen molar-refractivity contribution in [2.45, 2.75) is 328 Å². The van der Waals surface area contributed by atoms with Gasteiger partial charge in [0.05, 0.1) is 36.6 Å². The van der Waals surface area contributed by atoms with Gasteiger partial charge in [-0.1, -0.05) is 38.5 Å². The van der Waals surface area contributed by atoms with Crippen LogP contribution in [0.2, 0.25) is 0 Å². The molecule has 3 fully saturated rings. The summed E-state index contributed by atoms with van der Waals surface area (Å²) in [6.45, 7) is 36.4. The zero-order chi connectivity index (χ0) is 65.6. The molecule has 4 rings (SSSR count). The van der Waals surface area contributed by atoms with Gasteiger partial charge in [0, 0.05) is 111 Å². The van der Waals surface area contributed by atoms with Crippen LogP contribution in [0, 0.1) is 0 Å². The van der Waals surface area contributed by atoms with Crippen LogP contribution in [0.25, 0.3) is 0 Å². The second kappa shape index (κ2) is 31.3. The number of ether oxygens (including phenoxy) is 3. The van der Waals surface area contributed by atoms with E-state index in [0.29, 0.717) is 135 Å². The number of hydrogen-bond acceptors (Lipinski definition) is 18. The summed E-state index contributed by atoms with van der Waals surface area (Å²) >= 11 is 0. The SMILES string of the molecule is CC(C)(O)CON1C(C)(C)CC(OC(=O)NCCCCCCn2c(=O)n(CCCCCCNC(=O)OC3CC(C)(C)N(OCC(C)(C)O)C(C)(C)C3)c(=O)n(CCCCCCNC(=O)OC3CC(C)(C)N(OCC(C)(C)O)C(C)(C)C3)c2=O)CC1(C)C. The first-order valence-electron chi connectivity index (χ1n) is 32.2. The predicted molar refractivity (Wildman–Crippen MR) is 334 cm³/mol. The van der Waals surface area contributed by atoms with Gasteiger partial charge in [0.15, 0.2) is 0 Å². The third-order valence-electron chi connectivity index (χ3n) is 16.2. The number of carbonyl (C=O) groups excluding carboxylic acids is 3. The Labute approximate surface area is 518 Å². The highest BCUT2D eigenvalue weighted by atomic mass is 16.7. The third kappa shape index (κ3) is 24.5. The Morgan fingerprint density at radius 3 is 0.770 bits per heavy atom. The molecule has 0 unspecified atom stereocenters. The molecule has 1 aromatic rings. The van der Waals surface area contributed by atoms with Gasteiger partial charge in [0.2, 0.25) is 0 Å². The molecule has 0 saturated carbocycles. The molecule has 24 heteroatoms. The van der Waals surface area contributed by atoms with Crippen molar-refractivity contribution in [2.75, 3.05) is 39.5 Å². The first-order chi connectivity index (χ1) is 40.0. The van der Waals surface area contributed by atoms with E-state index in [1.165, 1.54) is 0 Å². The van der Waals surface area contributed by atoms with E-state index in [1.807, 2.05) is 98.3 Å². The van der Waals surface area contributed by atoms with Crippen molar-refractivity contribution >= 4 is 18.3 Å². The van der Waals surface area contributed by atoms with E-state index in [1.54, 1.807) is 41.5 Å². The van der Waals surface area contributed by atoms with Gasteiger partial charge in [-0.05, 0) is 163 Å². The van der Waals surface area contributed by atoms with E-state index < -0.39 is 85.4 Å². The first-order valence-corrected chi connectivity index (χ1v) is 32.2. The minimum absolute atomic E-state index is 0.120. The van der Waals surface area contributed by atoms with Gasteiger partial charge in [-0.25, -0.2) is 42.5 Å². The molecule has 0 bridgehead atoms. The minimum atomic E-state index is -0.999. The van der Waals surface area contributed by atoms with E-state index >= 15 is 0 Å². The summed E-state index contributed by atoms with van der Waals surface area (Å²) in [6, 6.07) is 0. The molecular formula is C63H117N9O15. The summed E-state index contributed by atoms with van der Waals surface area (Å²) in [5, 5.41) is 45.1. The molecule has 24 nitrogen and oxygen atoms in total. The molecule has 87 heavy (non-hydrogen) atoms. The number of alkyl carbamates (subject to hydrolysis) is 3. The number of piperidine rings is 3. The summed E-state index contributed by atoms with van der Waals surface area (Å²) in [6.07, 6.45) is 8.35. The summed E-state index contributed by atoms with van der Waals surface area (Å²) in [7, 11) is 0. The molecule has 3 saturated heterocycles. The highest BCUT2D eigenvalue weighted by Gasteiger charge is 2.51. The summed E-state index contributed by atoms with van der Waals surface area (Å²) in [5.41, 5.74) is -7.72. The summed E-state index contributed by atoms with van der Waals surface area (Å²) < 4.78 is 21.1. The van der Waals surface area contributed by atoms with Gasteiger partial charge >= 0.3 is 35.3 Å². The van der Waals surface area contributed by atoms with E-state index in [2.05, 4.69) is 16.0 Å². The predicted octanol–water partition coefficient (Wildman–Crippen LogP) is 8.20. The van der Waals surface area contributed by atoms with Crippen LogP contribution in [0.3, 0.4) is 0 Å². The molecule has 3 amide bonds. The number of rotatable bonds is 33. The fourth-order valence-electron chi connectivity index (χ4n) is 13.1. The normalized spacial score (nSPS) is 20.2. The number of hydrogen-bond donors (Lipinski definition) is 6. The van der Waals surface area contributed by atoms with Crippen molar-refractivity contribution in [2.24, 2.45) is 0 Å². The van der Waals surface area contributed by atoms with Crippen LogP contribution in [-0.4, -0.2) is 170 Å². The molecule has 0 aliphatic carbocycles. The third-order valence-corrected chi connectivity index (χ3v) is 16.2. The molecule has 3 aliphatic rings. The highest BCUT2D eigenvalue weighted by Crippen LogP contribution is 2.43. The lowest BCUT2D eigenvalue weighted by molar-refractivity contribution is -0.305. The zero-order valence-corrected chi connectivity index (χ0v) is 56.7. The van der Waals surface area contributed by atoms with Gasteiger partial charge in [0.1, 0.15) is 18.3 Å². The number of nitrogens with zero attached hydrogens (tertiary/aromatic N) is 6. The number of amides is 3. The average Bonchev–Trinajstić information content (AvgIpc) is 0.938. The molecule has 0 aromatic carbocycles. The summed E-state index contributed by atoms with van der Waals surface area (Å²) in [5.74, 6) is 0. The second-order valence-corrected chi connectivity index (χ2v) is 30.6. The van der Waals surface area contributed by atoms with Gasteiger partial charge in [-0.3, -0.25) is 14.5 Å². The largest absolute Gasteiger partial charge is 0.446 e. The van der Waals surface area contributed by atoms with E-state index in [-0.39, 0.29) is 57.8 Å². The monoisotopic (exact) mass is 1240 g/mol. The maximum Gasteiger partial charge on any atom is 0.407 e. The number of carbonyl (C=O) groups is 3. The molecule has 0 spiro atoms. The Morgan fingerprint density at radius 1 is 0.379 bits per heavy atom. The zero-order valence-electron chi connectivity index (χ0n) is 56.7. The fraction of sp³-hybridized carbons (Fsp3) is 0.905. The maximum atomic E-state index is 14.0. The van der Waals surface area contributed by atoms with Crippen LogP contribution >= 0.6 is 0 Å². The second-order valence-electron chi connectivity index (χ2n) is 30.6. The quantitative estimate of drug-likeness (QED) is 0.0286.